The van der Waals surface area contributed by atoms with Crippen molar-refractivity contribution in [1.82, 2.24) is 21.3 Å². The molecular formula is C56H102N4O4. The van der Waals surface area contributed by atoms with Crippen LogP contribution in [0.1, 0.15) is 272 Å². The van der Waals surface area contributed by atoms with Crippen LogP contribution in [0.5, 0.6) is 0 Å². The minimum atomic E-state index is -0.914. The number of unbranched alkanes of at least 4 members (excludes halogenated alkanes) is 12. The van der Waals surface area contributed by atoms with E-state index in [0.717, 1.165) is 103 Å². The predicted octanol–water partition coefficient (Wildman–Crippen LogP) is 13.6. The van der Waals surface area contributed by atoms with E-state index in [2.05, 4.69) is 49.0 Å². The van der Waals surface area contributed by atoms with Gasteiger partial charge in [-0.05, 0) is 101 Å². The Balaban J connectivity index is 1.62. The van der Waals surface area contributed by atoms with Crippen LogP contribution in [0.15, 0.2) is 0 Å². The van der Waals surface area contributed by atoms with Crippen molar-refractivity contribution in [2.45, 2.75) is 296 Å². The summed E-state index contributed by atoms with van der Waals surface area (Å²) in [6, 6.07) is 0.283. The highest BCUT2D eigenvalue weighted by Gasteiger charge is 2.41. The molecule has 4 amide bonds. The van der Waals surface area contributed by atoms with Crippen molar-refractivity contribution < 1.29 is 19.2 Å². The summed E-state index contributed by atoms with van der Waals surface area (Å²) in [6.45, 7) is 9.00. The second-order valence-corrected chi connectivity index (χ2v) is 21.8. The maximum atomic E-state index is 15.1. The Morgan fingerprint density at radius 3 is 0.859 bits per heavy atom. The molecule has 4 rings (SSSR count). The standard InChI is InChI=1S/C56H102N4O4/c1-5-9-13-17-29-43-33-21-25-37-49(43)57-53(61)41-47(55(63)59-51-39-27-23-35-45(51)31-19-15-11-7-3)48(56(64)60-52-40-28-24-36-46(52)32-20-16-12-8-4)42-54(62)58-50-38-26-22-34-44(50)30-18-14-10-6-2/h43-52H,5-42H2,1-4H3,(H,57,61)(H,58,62)(H,59,63)(H,60,64). The minimum absolute atomic E-state index is 0.0402. The number of hydrogen-bond donors (Lipinski definition) is 4. The predicted molar refractivity (Wildman–Crippen MR) is 267 cm³/mol. The molecule has 10 unspecified atom stereocenters. The number of amides is 4. The lowest BCUT2D eigenvalue weighted by molar-refractivity contribution is -0.141. The summed E-state index contributed by atoms with van der Waals surface area (Å²) in [7, 11) is 0. The van der Waals surface area contributed by atoms with Gasteiger partial charge in [-0.2, -0.15) is 0 Å². The van der Waals surface area contributed by atoms with Crippen molar-refractivity contribution in [3.63, 3.8) is 0 Å². The lowest BCUT2D eigenvalue weighted by Gasteiger charge is -2.37. The Hall–Kier alpha value is -2.12. The largest absolute Gasteiger partial charge is 0.353 e. The van der Waals surface area contributed by atoms with Gasteiger partial charge >= 0.3 is 0 Å². The monoisotopic (exact) mass is 895 g/mol. The molecule has 4 N–H and O–H groups in total. The maximum absolute atomic E-state index is 15.1. The van der Waals surface area contributed by atoms with E-state index in [0.29, 0.717) is 23.7 Å². The number of carbonyl (C=O) groups is 4. The van der Waals surface area contributed by atoms with Crippen LogP contribution < -0.4 is 21.3 Å². The molecule has 8 heteroatoms. The van der Waals surface area contributed by atoms with Gasteiger partial charge in [-0.15, -0.1) is 0 Å². The van der Waals surface area contributed by atoms with Gasteiger partial charge < -0.3 is 21.3 Å². The van der Waals surface area contributed by atoms with Crippen molar-refractivity contribution in [3.8, 4) is 0 Å². The van der Waals surface area contributed by atoms with Crippen LogP contribution in [0, 0.1) is 35.5 Å². The van der Waals surface area contributed by atoms with Crippen LogP contribution in [-0.4, -0.2) is 47.8 Å². The molecule has 0 aliphatic heterocycles. The SMILES string of the molecule is CCCCCCC1CCCCC1NC(=O)CC(C(=O)NC1CCCCC1CCCCCC)C(CC(=O)NC1CCCCC1CCCCCC)C(=O)NC1CCCCC1CCCCCC. The van der Waals surface area contributed by atoms with E-state index < -0.39 is 11.8 Å². The highest BCUT2D eigenvalue weighted by molar-refractivity contribution is 5.94. The van der Waals surface area contributed by atoms with E-state index in [9.17, 15) is 9.59 Å². The van der Waals surface area contributed by atoms with Crippen LogP contribution in [0.2, 0.25) is 0 Å². The molecule has 0 heterocycles. The second-order valence-electron chi connectivity index (χ2n) is 21.8. The molecule has 4 saturated carbocycles. The first kappa shape index (κ1) is 54.5. The number of nitrogens with one attached hydrogen (secondary N) is 4. The number of hydrogen-bond acceptors (Lipinski definition) is 4. The second kappa shape index (κ2) is 32.6. The summed E-state index contributed by atoms with van der Waals surface area (Å²) < 4.78 is 0. The molecular weight excluding hydrogens is 793 g/mol. The summed E-state index contributed by atoms with van der Waals surface area (Å²) in [4.78, 5) is 59.3. The fourth-order valence-electron chi connectivity index (χ4n) is 12.7. The zero-order chi connectivity index (χ0) is 45.8. The molecule has 4 aliphatic carbocycles. The number of carbonyl (C=O) groups excluding carboxylic acids is 4. The van der Waals surface area contributed by atoms with Crippen LogP contribution in [0.4, 0.5) is 0 Å². The van der Waals surface area contributed by atoms with Crippen molar-refractivity contribution in [2.24, 2.45) is 35.5 Å². The fourth-order valence-corrected chi connectivity index (χ4v) is 12.7. The first-order chi connectivity index (χ1) is 31.3. The van der Waals surface area contributed by atoms with E-state index in [1.807, 2.05) is 0 Å². The summed E-state index contributed by atoms with van der Waals surface area (Å²) in [5.74, 6) is -0.756. The van der Waals surface area contributed by atoms with Crippen LogP contribution in [0.3, 0.4) is 0 Å². The van der Waals surface area contributed by atoms with E-state index in [4.69, 9.17) is 0 Å². The van der Waals surface area contributed by atoms with Crippen molar-refractivity contribution in [1.29, 1.82) is 0 Å². The first-order valence-corrected chi connectivity index (χ1v) is 28.5. The minimum Gasteiger partial charge on any atom is -0.353 e. The molecule has 0 aromatic carbocycles. The summed E-state index contributed by atoms with van der Waals surface area (Å²) >= 11 is 0. The number of rotatable bonds is 31. The summed E-state index contributed by atoms with van der Waals surface area (Å²) in [5.41, 5.74) is 0. The van der Waals surface area contributed by atoms with Gasteiger partial charge in [0.05, 0.1) is 11.8 Å². The van der Waals surface area contributed by atoms with Crippen molar-refractivity contribution in [3.05, 3.63) is 0 Å². The van der Waals surface area contributed by atoms with E-state index in [1.165, 1.54) is 128 Å². The highest BCUT2D eigenvalue weighted by Crippen LogP contribution is 2.35. The fraction of sp³-hybridized carbons (Fsp3) is 0.929. The van der Waals surface area contributed by atoms with Crippen molar-refractivity contribution >= 4 is 23.6 Å². The molecule has 0 saturated heterocycles. The summed E-state index contributed by atoms with van der Waals surface area (Å²) in [5, 5.41) is 14.0. The van der Waals surface area contributed by atoms with Crippen molar-refractivity contribution in [2.75, 3.05) is 0 Å². The Kier molecular flexibility index (Phi) is 27.7. The molecule has 64 heavy (non-hydrogen) atoms. The van der Waals surface area contributed by atoms with E-state index >= 15 is 9.59 Å². The van der Waals surface area contributed by atoms with E-state index in [-0.39, 0.29) is 60.6 Å². The third kappa shape index (κ3) is 20.0. The third-order valence-corrected chi connectivity index (χ3v) is 16.7. The van der Waals surface area contributed by atoms with Gasteiger partial charge in [-0.3, -0.25) is 19.2 Å². The average molecular weight is 895 g/mol. The summed E-state index contributed by atoms with van der Waals surface area (Å²) in [6.07, 6.45) is 41.2. The smallest absolute Gasteiger partial charge is 0.224 e. The quantitative estimate of drug-likeness (QED) is 0.0519. The molecule has 10 atom stereocenters. The van der Waals surface area contributed by atoms with Gasteiger partial charge in [0.15, 0.2) is 0 Å². The molecule has 0 aromatic rings. The molecule has 4 fully saturated rings. The molecule has 0 radical (unpaired) electrons. The van der Waals surface area contributed by atoms with Gasteiger partial charge in [-0.1, -0.05) is 182 Å². The van der Waals surface area contributed by atoms with Crippen LogP contribution in [0.25, 0.3) is 0 Å². The Morgan fingerprint density at radius 2 is 0.594 bits per heavy atom. The van der Waals surface area contributed by atoms with Gasteiger partial charge in [0.25, 0.3) is 0 Å². The van der Waals surface area contributed by atoms with Crippen LogP contribution in [-0.2, 0) is 19.2 Å². The topological polar surface area (TPSA) is 116 Å². The first-order valence-electron chi connectivity index (χ1n) is 28.5. The third-order valence-electron chi connectivity index (χ3n) is 16.7. The molecule has 4 aliphatic rings. The van der Waals surface area contributed by atoms with Gasteiger partial charge in [-0.25, -0.2) is 0 Å². The molecule has 0 bridgehead atoms. The Labute approximate surface area is 394 Å². The lowest BCUT2D eigenvalue weighted by atomic mass is 9.78. The van der Waals surface area contributed by atoms with Crippen LogP contribution >= 0.6 is 0 Å². The average Bonchev–Trinajstić information content (AvgIpc) is 3.30. The van der Waals surface area contributed by atoms with Gasteiger partial charge in [0.2, 0.25) is 23.6 Å². The van der Waals surface area contributed by atoms with Gasteiger partial charge in [0, 0.05) is 37.0 Å². The Bertz CT molecular complexity index is 1200. The maximum Gasteiger partial charge on any atom is 0.224 e. The molecule has 370 valence electrons. The lowest BCUT2D eigenvalue weighted by Crippen LogP contribution is -2.53. The molecule has 8 nitrogen and oxygen atoms in total. The van der Waals surface area contributed by atoms with E-state index in [1.54, 1.807) is 0 Å². The zero-order valence-electron chi connectivity index (χ0n) is 42.3. The Morgan fingerprint density at radius 1 is 0.344 bits per heavy atom. The van der Waals surface area contributed by atoms with Gasteiger partial charge in [0.1, 0.15) is 0 Å². The molecule has 0 aromatic heterocycles. The molecule has 0 spiro atoms. The zero-order valence-corrected chi connectivity index (χ0v) is 42.3. The highest BCUT2D eigenvalue weighted by atomic mass is 16.2. The normalized spacial score (nSPS) is 27.2.